The molecule has 0 amide bonds. The summed E-state index contributed by atoms with van der Waals surface area (Å²) in [6.07, 6.45) is 3.51. The minimum absolute atomic E-state index is 0.749. The lowest BCUT2D eigenvalue weighted by Gasteiger charge is -2.04. The SMILES string of the molecule is COc1cccnc1-c1cc2cccnc2[nH]1. The van der Waals surface area contributed by atoms with E-state index in [1.807, 2.05) is 30.3 Å². The molecular weight excluding hydrogens is 214 g/mol. The van der Waals surface area contributed by atoms with Crippen molar-refractivity contribution in [2.45, 2.75) is 0 Å². The van der Waals surface area contributed by atoms with Gasteiger partial charge in [0.25, 0.3) is 0 Å². The van der Waals surface area contributed by atoms with Crippen molar-refractivity contribution in [2.75, 3.05) is 7.11 Å². The molecule has 0 fully saturated rings. The molecule has 17 heavy (non-hydrogen) atoms. The second-order valence-corrected chi connectivity index (χ2v) is 3.68. The van der Waals surface area contributed by atoms with E-state index in [2.05, 4.69) is 15.0 Å². The molecule has 3 rings (SSSR count). The highest BCUT2D eigenvalue weighted by Crippen LogP contribution is 2.28. The summed E-state index contributed by atoms with van der Waals surface area (Å²) >= 11 is 0. The third kappa shape index (κ3) is 1.63. The summed E-state index contributed by atoms with van der Waals surface area (Å²) in [7, 11) is 1.64. The van der Waals surface area contributed by atoms with E-state index in [1.165, 1.54) is 0 Å². The lowest BCUT2D eigenvalue weighted by molar-refractivity contribution is 0.414. The predicted octanol–water partition coefficient (Wildman–Crippen LogP) is 2.63. The number of rotatable bonds is 2. The number of nitrogens with zero attached hydrogens (tertiary/aromatic N) is 2. The van der Waals surface area contributed by atoms with Crippen LogP contribution in [0.5, 0.6) is 5.75 Å². The molecule has 0 atom stereocenters. The van der Waals surface area contributed by atoms with Gasteiger partial charge in [0.05, 0.1) is 12.8 Å². The van der Waals surface area contributed by atoms with E-state index < -0.39 is 0 Å². The number of hydrogen-bond donors (Lipinski definition) is 1. The van der Waals surface area contributed by atoms with Crippen molar-refractivity contribution in [1.29, 1.82) is 0 Å². The maximum atomic E-state index is 5.29. The molecule has 0 saturated heterocycles. The summed E-state index contributed by atoms with van der Waals surface area (Å²) in [6.45, 7) is 0. The van der Waals surface area contributed by atoms with Crippen molar-refractivity contribution >= 4 is 11.0 Å². The Balaban J connectivity index is 2.20. The number of hydrogen-bond acceptors (Lipinski definition) is 3. The van der Waals surface area contributed by atoms with Gasteiger partial charge in [-0.05, 0) is 30.3 Å². The molecule has 3 heterocycles. The van der Waals surface area contributed by atoms with Crippen LogP contribution in [0.3, 0.4) is 0 Å². The van der Waals surface area contributed by atoms with Crippen LogP contribution in [0.4, 0.5) is 0 Å². The van der Waals surface area contributed by atoms with E-state index in [1.54, 1.807) is 19.5 Å². The van der Waals surface area contributed by atoms with Crippen LogP contribution in [-0.4, -0.2) is 22.1 Å². The van der Waals surface area contributed by atoms with E-state index in [0.29, 0.717) is 0 Å². The molecule has 4 heteroatoms. The zero-order chi connectivity index (χ0) is 11.7. The standard InChI is InChI=1S/C13H11N3O/c1-17-11-5-3-6-14-12(11)10-8-9-4-2-7-15-13(9)16-10/h2-8H,1H3,(H,15,16). The largest absolute Gasteiger partial charge is 0.494 e. The molecular formula is C13H11N3O. The summed E-state index contributed by atoms with van der Waals surface area (Å²) < 4.78 is 5.29. The van der Waals surface area contributed by atoms with Crippen LogP contribution in [0.2, 0.25) is 0 Å². The highest BCUT2D eigenvalue weighted by molar-refractivity contribution is 5.83. The van der Waals surface area contributed by atoms with Crippen molar-refractivity contribution in [3.63, 3.8) is 0 Å². The summed E-state index contributed by atoms with van der Waals surface area (Å²) in [5, 5.41) is 1.07. The van der Waals surface area contributed by atoms with Crippen LogP contribution < -0.4 is 4.74 Å². The molecule has 3 aromatic heterocycles. The molecule has 0 aromatic carbocycles. The second-order valence-electron chi connectivity index (χ2n) is 3.68. The molecule has 0 radical (unpaired) electrons. The molecule has 0 saturated carbocycles. The minimum Gasteiger partial charge on any atom is -0.494 e. The summed E-state index contributed by atoms with van der Waals surface area (Å²) in [4.78, 5) is 11.8. The van der Waals surface area contributed by atoms with Gasteiger partial charge in [-0.2, -0.15) is 0 Å². The van der Waals surface area contributed by atoms with E-state index in [0.717, 1.165) is 28.2 Å². The number of aromatic nitrogens is 3. The van der Waals surface area contributed by atoms with Crippen LogP contribution in [0.1, 0.15) is 0 Å². The molecule has 0 aliphatic carbocycles. The first-order chi connectivity index (χ1) is 8.38. The topological polar surface area (TPSA) is 50.8 Å². The van der Waals surface area contributed by atoms with Crippen molar-refractivity contribution < 1.29 is 4.74 Å². The zero-order valence-corrected chi connectivity index (χ0v) is 9.34. The Hall–Kier alpha value is -2.36. The van der Waals surface area contributed by atoms with Crippen molar-refractivity contribution in [3.8, 4) is 17.1 Å². The first kappa shape index (κ1) is 9.84. The number of H-pyrrole nitrogens is 1. The number of fused-ring (bicyclic) bond motifs is 1. The van der Waals surface area contributed by atoms with Crippen molar-refractivity contribution in [3.05, 3.63) is 42.7 Å². The Morgan fingerprint density at radius 3 is 2.76 bits per heavy atom. The van der Waals surface area contributed by atoms with E-state index in [4.69, 9.17) is 4.74 Å². The fourth-order valence-corrected chi connectivity index (χ4v) is 1.84. The molecule has 0 bridgehead atoms. The monoisotopic (exact) mass is 225 g/mol. The van der Waals surface area contributed by atoms with Gasteiger partial charge in [-0.1, -0.05) is 0 Å². The van der Waals surface area contributed by atoms with E-state index in [-0.39, 0.29) is 0 Å². The summed E-state index contributed by atoms with van der Waals surface area (Å²) in [5.74, 6) is 0.749. The van der Waals surface area contributed by atoms with Gasteiger partial charge in [0.15, 0.2) is 0 Å². The van der Waals surface area contributed by atoms with Gasteiger partial charge >= 0.3 is 0 Å². The van der Waals surface area contributed by atoms with E-state index in [9.17, 15) is 0 Å². The molecule has 0 unspecified atom stereocenters. The number of aromatic amines is 1. The van der Waals surface area contributed by atoms with Crippen LogP contribution in [0.15, 0.2) is 42.7 Å². The Morgan fingerprint density at radius 2 is 1.94 bits per heavy atom. The molecule has 0 aliphatic rings. The third-order valence-corrected chi connectivity index (χ3v) is 2.64. The predicted molar refractivity (Wildman–Crippen MR) is 65.9 cm³/mol. The second kappa shape index (κ2) is 3.90. The fraction of sp³-hybridized carbons (Fsp3) is 0.0769. The lowest BCUT2D eigenvalue weighted by atomic mass is 10.2. The fourth-order valence-electron chi connectivity index (χ4n) is 1.84. The van der Waals surface area contributed by atoms with Gasteiger partial charge in [-0.15, -0.1) is 0 Å². The average molecular weight is 225 g/mol. The smallest absolute Gasteiger partial charge is 0.146 e. The maximum Gasteiger partial charge on any atom is 0.146 e. The first-order valence-corrected chi connectivity index (χ1v) is 5.31. The van der Waals surface area contributed by atoms with Crippen LogP contribution >= 0.6 is 0 Å². The van der Waals surface area contributed by atoms with E-state index >= 15 is 0 Å². The van der Waals surface area contributed by atoms with Gasteiger partial charge in [-0.3, -0.25) is 4.98 Å². The van der Waals surface area contributed by atoms with Crippen LogP contribution in [-0.2, 0) is 0 Å². The Morgan fingerprint density at radius 1 is 1.12 bits per heavy atom. The highest BCUT2D eigenvalue weighted by Gasteiger charge is 2.09. The van der Waals surface area contributed by atoms with Crippen LogP contribution in [0.25, 0.3) is 22.4 Å². The quantitative estimate of drug-likeness (QED) is 0.729. The van der Waals surface area contributed by atoms with Crippen molar-refractivity contribution in [1.82, 2.24) is 15.0 Å². The average Bonchev–Trinajstić information content (AvgIpc) is 2.82. The number of methoxy groups -OCH3 is 1. The Kier molecular flexibility index (Phi) is 2.26. The molecule has 3 aromatic rings. The van der Waals surface area contributed by atoms with Gasteiger partial charge in [0.2, 0.25) is 0 Å². The normalized spacial score (nSPS) is 10.6. The number of ether oxygens (including phenoxy) is 1. The van der Waals surface area contributed by atoms with Gasteiger partial charge < -0.3 is 9.72 Å². The lowest BCUT2D eigenvalue weighted by Crippen LogP contribution is -1.90. The number of pyridine rings is 2. The maximum absolute atomic E-state index is 5.29. The Bertz CT molecular complexity index is 627. The zero-order valence-electron chi connectivity index (χ0n) is 9.34. The van der Waals surface area contributed by atoms with Crippen LogP contribution in [0, 0.1) is 0 Å². The molecule has 1 N–H and O–H groups in total. The Labute approximate surface area is 98.3 Å². The summed E-state index contributed by atoms with van der Waals surface area (Å²) in [5.41, 5.74) is 2.57. The number of nitrogens with one attached hydrogen (secondary N) is 1. The molecule has 0 spiro atoms. The van der Waals surface area contributed by atoms with Gasteiger partial charge in [0.1, 0.15) is 17.1 Å². The highest BCUT2D eigenvalue weighted by atomic mass is 16.5. The first-order valence-electron chi connectivity index (χ1n) is 5.31. The molecule has 4 nitrogen and oxygen atoms in total. The molecule has 0 aliphatic heterocycles. The van der Waals surface area contributed by atoms with Gasteiger partial charge in [0, 0.05) is 17.8 Å². The van der Waals surface area contributed by atoms with Crippen molar-refractivity contribution in [2.24, 2.45) is 0 Å². The summed E-state index contributed by atoms with van der Waals surface area (Å²) in [6, 6.07) is 9.69. The van der Waals surface area contributed by atoms with Gasteiger partial charge in [-0.25, -0.2) is 4.98 Å². The third-order valence-electron chi connectivity index (χ3n) is 2.64. The minimum atomic E-state index is 0.749. The molecule has 84 valence electrons.